The van der Waals surface area contributed by atoms with Crippen molar-refractivity contribution in [2.45, 2.75) is 18.4 Å². The van der Waals surface area contributed by atoms with Crippen LogP contribution in [0.15, 0.2) is 46.3 Å². The van der Waals surface area contributed by atoms with Crippen LogP contribution >= 0.6 is 11.3 Å². The Balaban J connectivity index is 2.29. The zero-order chi connectivity index (χ0) is 21.9. The van der Waals surface area contributed by atoms with E-state index < -0.39 is 15.7 Å². The van der Waals surface area contributed by atoms with Crippen LogP contribution in [0.5, 0.6) is 11.5 Å². The van der Waals surface area contributed by atoms with Crippen LogP contribution in [0.25, 0.3) is 10.2 Å². The molecule has 7 nitrogen and oxygen atoms in total. The van der Waals surface area contributed by atoms with Gasteiger partial charge in [-0.1, -0.05) is 36.3 Å². The Morgan fingerprint density at radius 1 is 1.17 bits per heavy atom. The Morgan fingerprint density at radius 2 is 1.83 bits per heavy atom. The Kier molecular flexibility index (Phi) is 6.29. The highest BCUT2D eigenvalue weighted by atomic mass is 32.2. The number of terminal acetylenes is 1. The lowest BCUT2D eigenvalue weighted by Gasteiger charge is -2.08. The minimum Gasteiger partial charge on any atom is -0.495 e. The average molecular weight is 445 g/mol. The Labute approximate surface area is 178 Å². The van der Waals surface area contributed by atoms with Crippen molar-refractivity contribution >= 4 is 37.3 Å². The first-order valence-electron chi connectivity index (χ1n) is 8.96. The molecule has 3 rings (SSSR count). The van der Waals surface area contributed by atoms with Crippen LogP contribution in [0.3, 0.4) is 0 Å². The number of thiazole rings is 1. The maximum absolute atomic E-state index is 13.0. The van der Waals surface area contributed by atoms with E-state index in [1.54, 1.807) is 35.9 Å². The van der Waals surface area contributed by atoms with Gasteiger partial charge in [-0.2, -0.15) is 4.99 Å². The van der Waals surface area contributed by atoms with E-state index in [0.717, 1.165) is 0 Å². The third kappa shape index (κ3) is 3.84. The first-order chi connectivity index (χ1) is 14.4. The molecule has 30 heavy (non-hydrogen) atoms. The summed E-state index contributed by atoms with van der Waals surface area (Å²) in [7, 11) is -0.512. The Morgan fingerprint density at radius 3 is 2.47 bits per heavy atom. The fraction of sp³-hybridized carbons (Fsp3) is 0.238. The summed E-state index contributed by atoms with van der Waals surface area (Å²) in [6.07, 6.45) is 5.54. The molecule has 9 heteroatoms. The van der Waals surface area contributed by atoms with Gasteiger partial charge in [0.25, 0.3) is 5.91 Å². The fourth-order valence-electron chi connectivity index (χ4n) is 2.99. The van der Waals surface area contributed by atoms with E-state index in [-0.39, 0.29) is 22.8 Å². The van der Waals surface area contributed by atoms with E-state index in [0.29, 0.717) is 26.5 Å². The molecule has 0 saturated heterocycles. The number of sulfone groups is 1. The molecule has 1 heterocycles. The highest BCUT2D eigenvalue weighted by Crippen LogP contribution is 2.35. The second-order valence-electron chi connectivity index (χ2n) is 6.14. The summed E-state index contributed by atoms with van der Waals surface area (Å²) in [5, 5.41) is 0. The minimum atomic E-state index is -3.59. The monoisotopic (exact) mass is 444 g/mol. The van der Waals surface area contributed by atoms with E-state index in [2.05, 4.69) is 10.9 Å². The molecule has 3 aromatic rings. The average Bonchev–Trinajstić information content (AvgIpc) is 3.11. The molecule has 0 aliphatic heterocycles. The molecule has 0 spiro atoms. The molecule has 0 fully saturated rings. The molecule has 0 bridgehead atoms. The molecule has 1 aromatic heterocycles. The maximum atomic E-state index is 13.0. The first-order valence-corrected chi connectivity index (χ1v) is 11.4. The molecule has 0 N–H and O–H groups in total. The molecule has 0 radical (unpaired) electrons. The molecule has 2 aromatic carbocycles. The van der Waals surface area contributed by atoms with Crippen LogP contribution in [0, 0.1) is 12.3 Å². The number of amides is 1. The minimum absolute atomic E-state index is 0.0167. The molecule has 0 aliphatic rings. The number of aromatic nitrogens is 1. The van der Waals surface area contributed by atoms with Gasteiger partial charge >= 0.3 is 0 Å². The van der Waals surface area contributed by atoms with Crippen molar-refractivity contribution < 1.29 is 22.7 Å². The SMILES string of the molecule is C#CCn1c(=NC(=O)c2ccccc2S(=O)(=O)CC)sc2c(OC)ccc(OC)c21. The lowest BCUT2D eigenvalue weighted by Crippen LogP contribution is -2.18. The number of carbonyl (C=O) groups excluding carboxylic acids is 1. The summed E-state index contributed by atoms with van der Waals surface area (Å²) >= 11 is 1.21. The van der Waals surface area contributed by atoms with Gasteiger partial charge in [0.15, 0.2) is 14.6 Å². The fourth-order valence-corrected chi connectivity index (χ4v) is 5.22. The van der Waals surface area contributed by atoms with E-state index in [4.69, 9.17) is 15.9 Å². The standard InChI is InChI=1S/C21H20N2O5S2/c1-5-13-23-18-15(27-3)11-12-16(28-4)19(18)29-21(23)22-20(24)14-9-7-8-10-17(14)30(25,26)6-2/h1,7-12H,6,13H2,2-4H3. The van der Waals surface area contributed by atoms with Gasteiger partial charge in [-0.25, -0.2) is 8.42 Å². The number of rotatable bonds is 6. The second kappa shape index (κ2) is 8.73. The third-order valence-corrected chi connectivity index (χ3v) is 7.35. The number of methoxy groups -OCH3 is 2. The zero-order valence-corrected chi connectivity index (χ0v) is 18.3. The van der Waals surface area contributed by atoms with Gasteiger partial charge in [-0.05, 0) is 24.3 Å². The van der Waals surface area contributed by atoms with Crippen LogP contribution < -0.4 is 14.3 Å². The van der Waals surface area contributed by atoms with Gasteiger partial charge in [0.1, 0.15) is 21.7 Å². The van der Waals surface area contributed by atoms with Crippen LogP contribution in [0.1, 0.15) is 17.3 Å². The summed E-state index contributed by atoms with van der Waals surface area (Å²) < 4.78 is 38.1. The number of ether oxygens (including phenoxy) is 2. The van der Waals surface area contributed by atoms with Gasteiger partial charge < -0.3 is 14.0 Å². The Hall–Kier alpha value is -3.09. The van der Waals surface area contributed by atoms with Gasteiger partial charge in [-0.3, -0.25) is 4.79 Å². The van der Waals surface area contributed by atoms with Gasteiger partial charge in [-0.15, -0.1) is 6.42 Å². The summed E-state index contributed by atoms with van der Waals surface area (Å²) in [5.74, 6) is 2.91. The predicted octanol–water partition coefficient (Wildman–Crippen LogP) is 2.89. The maximum Gasteiger partial charge on any atom is 0.280 e. The van der Waals surface area contributed by atoms with E-state index in [1.807, 2.05) is 0 Å². The van der Waals surface area contributed by atoms with Gasteiger partial charge in [0.05, 0.1) is 37.0 Å². The van der Waals surface area contributed by atoms with Crippen molar-refractivity contribution in [3.63, 3.8) is 0 Å². The molecule has 1 amide bonds. The van der Waals surface area contributed by atoms with E-state index in [1.165, 1.54) is 37.5 Å². The quantitative estimate of drug-likeness (QED) is 0.546. The number of hydrogen-bond donors (Lipinski definition) is 0. The van der Waals surface area contributed by atoms with Crippen molar-refractivity contribution in [3.05, 3.63) is 46.8 Å². The highest BCUT2D eigenvalue weighted by molar-refractivity contribution is 7.91. The smallest absolute Gasteiger partial charge is 0.280 e. The lowest BCUT2D eigenvalue weighted by atomic mass is 10.2. The molecule has 0 atom stereocenters. The lowest BCUT2D eigenvalue weighted by molar-refractivity contribution is 0.0994. The van der Waals surface area contributed by atoms with E-state index in [9.17, 15) is 13.2 Å². The number of benzene rings is 2. The Bertz CT molecular complexity index is 1330. The summed E-state index contributed by atoms with van der Waals surface area (Å²) in [6, 6.07) is 9.54. The normalized spacial score (nSPS) is 12.0. The zero-order valence-electron chi connectivity index (χ0n) is 16.7. The van der Waals surface area contributed by atoms with Crippen LogP contribution in [-0.4, -0.2) is 38.9 Å². The summed E-state index contributed by atoms with van der Waals surface area (Å²) in [6.45, 7) is 1.67. The van der Waals surface area contributed by atoms with Crippen molar-refractivity contribution in [2.75, 3.05) is 20.0 Å². The molecular weight excluding hydrogens is 424 g/mol. The summed E-state index contributed by atoms with van der Waals surface area (Å²) in [5.41, 5.74) is 0.670. The molecule has 0 aliphatic carbocycles. The third-order valence-electron chi connectivity index (χ3n) is 4.47. The molecule has 0 saturated carbocycles. The number of carbonyl (C=O) groups is 1. The first kappa shape index (κ1) is 21.6. The number of hydrogen-bond acceptors (Lipinski definition) is 6. The highest BCUT2D eigenvalue weighted by Gasteiger charge is 2.21. The second-order valence-corrected chi connectivity index (χ2v) is 9.36. The van der Waals surface area contributed by atoms with Gasteiger partial charge in [0.2, 0.25) is 0 Å². The topological polar surface area (TPSA) is 87.0 Å². The van der Waals surface area contributed by atoms with Crippen LogP contribution in [-0.2, 0) is 16.4 Å². The van der Waals surface area contributed by atoms with E-state index >= 15 is 0 Å². The van der Waals surface area contributed by atoms with Crippen molar-refractivity contribution in [1.82, 2.24) is 4.57 Å². The number of nitrogens with zero attached hydrogens (tertiary/aromatic N) is 2. The molecule has 0 unspecified atom stereocenters. The van der Waals surface area contributed by atoms with Crippen LogP contribution in [0.4, 0.5) is 0 Å². The largest absolute Gasteiger partial charge is 0.495 e. The van der Waals surface area contributed by atoms with Crippen molar-refractivity contribution in [1.29, 1.82) is 0 Å². The van der Waals surface area contributed by atoms with Crippen molar-refractivity contribution in [2.24, 2.45) is 4.99 Å². The summed E-state index contributed by atoms with van der Waals surface area (Å²) in [4.78, 5) is 17.5. The number of fused-ring (bicyclic) bond motifs is 1. The van der Waals surface area contributed by atoms with Gasteiger partial charge in [0, 0.05) is 0 Å². The molecule has 156 valence electrons. The van der Waals surface area contributed by atoms with Crippen LogP contribution in [0.2, 0.25) is 0 Å². The van der Waals surface area contributed by atoms with Crippen molar-refractivity contribution in [3.8, 4) is 23.8 Å². The predicted molar refractivity (Wildman–Crippen MR) is 116 cm³/mol. The molecular formula is C21H20N2O5S2.